The first-order chi connectivity index (χ1) is 21.5. The van der Waals surface area contributed by atoms with E-state index in [2.05, 4.69) is 15.6 Å². The molecule has 0 atom stereocenters. The quantitative estimate of drug-likeness (QED) is 0.104. The van der Waals surface area contributed by atoms with Crippen molar-refractivity contribution in [3.63, 3.8) is 0 Å². The number of primary sulfonamides is 1. The number of nitrogens with zero attached hydrogens (tertiary/aromatic N) is 3. The summed E-state index contributed by atoms with van der Waals surface area (Å²) in [4.78, 5) is 51.5. The summed E-state index contributed by atoms with van der Waals surface area (Å²) in [7, 11) is -3.70. The third-order valence-electron chi connectivity index (χ3n) is 7.14. The molecule has 1 heterocycles. The molecule has 250 valence electrons. The number of rotatable bonds is 24. The number of aromatic nitrogens is 2. The minimum Gasteiger partial charge on any atom is -0.480 e. The fourth-order valence-electron chi connectivity index (χ4n) is 4.71. The molecule has 2 amide bonds. The number of carboxylic acid groups (broad SMARTS) is 2. The molecule has 0 bridgehead atoms. The second kappa shape index (κ2) is 20.3. The number of carboxylic acids is 2. The van der Waals surface area contributed by atoms with Crippen molar-refractivity contribution in [1.29, 1.82) is 0 Å². The highest BCUT2D eigenvalue weighted by Gasteiger charge is 2.20. The molecular weight excluding hydrogens is 604 g/mol. The normalized spacial score (nSPS) is 11.3. The summed E-state index contributed by atoms with van der Waals surface area (Å²) in [5.41, 5.74) is 0.928. The molecule has 0 aliphatic carbocycles. The maximum Gasteiger partial charge on any atom is 0.323 e. The molecule has 0 radical (unpaired) electrons. The monoisotopic (exact) mass is 650 g/mol. The standard InChI is InChI=1S/C30H46N6O8S/c31-45(43,44)25-13-11-24(12-14-25)15-17-34-27(37)10-8-6-4-2-1-3-5-7-9-16-32-20-26-33-18-19-35(26)21-28(38)36(22-29(39)40)23-30(41)42/h11-14,18-19,32H,1-10,15-17,20-23H2,(H,34,37)(H,39,40)(H,41,42)(H2,31,43,44). The van der Waals surface area contributed by atoms with E-state index in [4.69, 9.17) is 15.4 Å². The summed E-state index contributed by atoms with van der Waals surface area (Å²) in [5, 5.41) is 29.2. The highest BCUT2D eigenvalue weighted by molar-refractivity contribution is 7.89. The zero-order chi connectivity index (χ0) is 33.1. The highest BCUT2D eigenvalue weighted by Crippen LogP contribution is 2.11. The van der Waals surface area contributed by atoms with Gasteiger partial charge in [0.2, 0.25) is 21.8 Å². The number of hydrogen-bond acceptors (Lipinski definition) is 8. The summed E-state index contributed by atoms with van der Waals surface area (Å²) in [6.07, 6.45) is 14.0. The van der Waals surface area contributed by atoms with Crippen LogP contribution < -0.4 is 15.8 Å². The van der Waals surface area contributed by atoms with Gasteiger partial charge in [0, 0.05) is 25.4 Å². The molecule has 0 saturated heterocycles. The smallest absolute Gasteiger partial charge is 0.323 e. The number of imidazole rings is 1. The van der Waals surface area contributed by atoms with Crippen LogP contribution in [0.1, 0.15) is 75.6 Å². The Morgan fingerprint density at radius 3 is 2.00 bits per heavy atom. The van der Waals surface area contributed by atoms with Crippen LogP contribution in [0.2, 0.25) is 0 Å². The highest BCUT2D eigenvalue weighted by atomic mass is 32.2. The van der Waals surface area contributed by atoms with Crippen molar-refractivity contribution in [2.45, 2.75) is 88.6 Å². The number of amides is 2. The molecule has 1 aromatic carbocycles. The molecule has 14 nitrogen and oxygen atoms in total. The number of nitrogens with two attached hydrogens (primary N) is 1. The van der Waals surface area contributed by atoms with Gasteiger partial charge in [0.05, 0.1) is 11.4 Å². The van der Waals surface area contributed by atoms with Crippen LogP contribution in [-0.2, 0) is 48.7 Å². The largest absolute Gasteiger partial charge is 0.480 e. The fraction of sp³-hybridized carbons (Fsp3) is 0.567. The molecule has 2 aromatic rings. The van der Waals surface area contributed by atoms with Crippen molar-refractivity contribution < 1.29 is 37.8 Å². The molecule has 0 unspecified atom stereocenters. The third kappa shape index (κ3) is 16.2. The van der Waals surface area contributed by atoms with Crippen molar-refractivity contribution in [2.24, 2.45) is 5.14 Å². The number of aliphatic carboxylic acids is 2. The number of hydrogen-bond donors (Lipinski definition) is 5. The summed E-state index contributed by atoms with van der Waals surface area (Å²) >= 11 is 0. The van der Waals surface area contributed by atoms with Crippen molar-refractivity contribution in [1.82, 2.24) is 25.1 Å². The van der Waals surface area contributed by atoms with Crippen LogP contribution in [0.5, 0.6) is 0 Å². The maximum atomic E-state index is 12.4. The van der Waals surface area contributed by atoms with Gasteiger partial charge >= 0.3 is 11.9 Å². The predicted octanol–water partition coefficient (Wildman–Crippen LogP) is 1.88. The molecular formula is C30H46N6O8S. The van der Waals surface area contributed by atoms with E-state index in [1.165, 1.54) is 12.1 Å². The van der Waals surface area contributed by atoms with E-state index >= 15 is 0 Å². The lowest BCUT2D eigenvalue weighted by Gasteiger charge is -2.19. The van der Waals surface area contributed by atoms with Crippen LogP contribution in [-0.4, -0.2) is 83.0 Å². The predicted molar refractivity (Wildman–Crippen MR) is 166 cm³/mol. The van der Waals surface area contributed by atoms with Crippen LogP contribution in [0.15, 0.2) is 41.6 Å². The van der Waals surface area contributed by atoms with Crippen LogP contribution in [0.3, 0.4) is 0 Å². The Bertz CT molecular complexity index is 1310. The second-order valence-corrected chi connectivity index (χ2v) is 12.5. The Morgan fingerprint density at radius 1 is 0.844 bits per heavy atom. The summed E-state index contributed by atoms with van der Waals surface area (Å²) < 4.78 is 24.2. The Hall–Kier alpha value is -3.82. The molecule has 0 spiro atoms. The van der Waals surface area contributed by atoms with E-state index in [1.807, 2.05) is 0 Å². The molecule has 0 aliphatic rings. The van der Waals surface area contributed by atoms with Gasteiger partial charge in [-0.3, -0.25) is 19.2 Å². The first kappa shape index (κ1) is 37.4. The van der Waals surface area contributed by atoms with Crippen LogP contribution >= 0.6 is 0 Å². The van der Waals surface area contributed by atoms with Crippen molar-refractivity contribution in [2.75, 3.05) is 26.2 Å². The van der Waals surface area contributed by atoms with Crippen LogP contribution in [0.25, 0.3) is 0 Å². The SMILES string of the molecule is NS(=O)(=O)c1ccc(CCNC(=O)CCCCCCCCCCCNCc2nccn2CC(=O)N(CC(=O)O)CC(=O)O)cc1. The van der Waals surface area contributed by atoms with E-state index in [9.17, 15) is 27.6 Å². The van der Waals surface area contributed by atoms with Gasteiger partial charge in [-0.25, -0.2) is 18.5 Å². The Balaban J connectivity index is 1.45. The topological polar surface area (TPSA) is 214 Å². The Kier molecular flexibility index (Phi) is 16.8. The number of carbonyl (C=O) groups excluding carboxylic acids is 2. The molecule has 6 N–H and O–H groups in total. The van der Waals surface area contributed by atoms with Gasteiger partial charge in [-0.2, -0.15) is 0 Å². The molecule has 0 saturated carbocycles. The fourth-order valence-corrected chi connectivity index (χ4v) is 5.22. The first-order valence-electron chi connectivity index (χ1n) is 15.3. The van der Waals surface area contributed by atoms with E-state index in [0.29, 0.717) is 31.8 Å². The van der Waals surface area contributed by atoms with Crippen LogP contribution in [0.4, 0.5) is 0 Å². The minimum atomic E-state index is -3.70. The number of unbranched alkanes of at least 4 members (excludes halogenated alkanes) is 8. The third-order valence-corrected chi connectivity index (χ3v) is 8.07. The zero-order valence-corrected chi connectivity index (χ0v) is 26.5. The van der Waals surface area contributed by atoms with Crippen LogP contribution in [0, 0.1) is 0 Å². The van der Waals surface area contributed by atoms with Crippen molar-refractivity contribution in [3.8, 4) is 0 Å². The molecule has 15 heteroatoms. The lowest BCUT2D eigenvalue weighted by Crippen LogP contribution is -2.41. The van der Waals surface area contributed by atoms with E-state index in [-0.39, 0.29) is 17.3 Å². The molecule has 0 fully saturated rings. The van der Waals surface area contributed by atoms with Gasteiger partial charge in [-0.1, -0.05) is 57.1 Å². The number of nitrogens with one attached hydrogen (secondary N) is 2. The van der Waals surface area contributed by atoms with Gasteiger partial charge in [-0.05, 0) is 43.5 Å². The summed E-state index contributed by atoms with van der Waals surface area (Å²) in [5.74, 6) is -2.52. The van der Waals surface area contributed by atoms with Gasteiger partial charge in [0.1, 0.15) is 25.5 Å². The average Bonchev–Trinajstić information content (AvgIpc) is 3.41. The van der Waals surface area contributed by atoms with Crippen molar-refractivity contribution in [3.05, 3.63) is 48.0 Å². The number of carbonyl (C=O) groups is 4. The lowest BCUT2D eigenvalue weighted by molar-refractivity contribution is -0.149. The Labute approximate surface area is 264 Å². The van der Waals surface area contributed by atoms with Crippen molar-refractivity contribution >= 4 is 33.8 Å². The summed E-state index contributed by atoms with van der Waals surface area (Å²) in [6, 6.07) is 6.33. The van der Waals surface area contributed by atoms with E-state index < -0.39 is 41.0 Å². The molecule has 45 heavy (non-hydrogen) atoms. The Morgan fingerprint density at radius 2 is 1.42 bits per heavy atom. The minimum absolute atomic E-state index is 0.0281. The average molecular weight is 651 g/mol. The zero-order valence-electron chi connectivity index (χ0n) is 25.7. The van der Waals surface area contributed by atoms with E-state index in [1.54, 1.807) is 29.1 Å². The number of benzene rings is 1. The number of sulfonamides is 1. The van der Waals surface area contributed by atoms with Gasteiger partial charge in [-0.15, -0.1) is 0 Å². The maximum absolute atomic E-state index is 12.4. The van der Waals surface area contributed by atoms with Gasteiger partial charge < -0.3 is 30.3 Å². The first-order valence-corrected chi connectivity index (χ1v) is 16.8. The molecule has 2 rings (SSSR count). The molecule has 0 aliphatic heterocycles. The second-order valence-electron chi connectivity index (χ2n) is 10.9. The lowest BCUT2D eigenvalue weighted by atomic mass is 10.1. The van der Waals surface area contributed by atoms with Gasteiger partial charge in [0.15, 0.2) is 0 Å². The summed E-state index contributed by atoms with van der Waals surface area (Å²) in [6.45, 7) is 0.183. The molecule has 1 aromatic heterocycles. The van der Waals surface area contributed by atoms with Gasteiger partial charge in [0.25, 0.3) is 0 Å². The van der Waals surface area contributed by atoms with E-state index in [0.717, 1.165) is 74.8 Å².